The summed E-state index contributed by atoms with van der Waals surface area (Å²) < 4.78 is 37.8. The Morgan fingerprint density at radius 2 is 1.79 bits per heavy atom. The fourth-order valence-corrected chi connectivity index (χ4v) is 2.96. The molecule has 1 aromatic heterocycles. The molecule has 1 heterocycles. The van der Waals surface area contributed by atoms with Gasteiger partial charge in [0.1, 0.15) is 5.01 Å². The molecule has 1 amide bonds. The van der Waals surface area contributed by atoms with E-state index in [1.807, 2.05) is 26.0 Å². The number of aliphatic imine (C=N–C) groups is 1. The van der Waals surface area contributed by atoms with Crippen LogP contribution in [-0.4, -0.2) is 29.9 Å². The van der Waals surface area contributed by atoms with Crippen LogP contribution in [0.15, 0.2) is 34.6 Å². The summed E-state index contributed by atoms with van der Waals surface area (Å²) in [5.41, 5.74) is 0.589. The first-order chi connectivity index (χ1) is 13.3. The Labute approximate surface area is 165 Å². The van der Waals surface area contributed by atoms with Gasteiger partial charge >= 0.3 is 6.18 Å². The molecule has 0 aliphatic heterocycles. The van der Waals surface area contributed by atoms with Crippen molar-refractivity contribution in [3.63, 3.8) is 0 Å². The molecule has 0 unspecified atom stereocenters. The fraction of sp³-hybridized carbons (Fsp3) is 0.389. The standard InChI is InChI=1S/C18H22F3N5OS/c1-3-22-16(27)13-7-5-12(6-8-13)9-24-17(23-4-2)25-10-15-26-14(11-28-15)18(19,20)21/h5-8,11H,3-4,9-10H2,1-2H3,(H,22,27)(H2,23,24,25). The maximum Gasteiger partial charge on any atom is 0.434 e. The number of aromatic nitrogens is 1. The van der Waals surface area contributed by atoms with Crippen LogP contribution in [0.5, 0.6) is 0 Å². The molecule has 0 fully saturated rings. The average molecular weight is 413 g/mol. The normalized spacial score (nSPS) is 12.0. The Kier molecular flexibility index (Phi) is 7.80. The molecule has 0 radical (unpaired) electrons. The first kappa shape index (κ1) is 21.7. The molecule has 0 atom stereocenters. The van der Waals surface area contributed by atoms with Gasteiger partial charge in [-0.2, -0.15) is 13.2 Å². The number of carbonyl (C=O) groups excluding carboxylic acids is 1. The van der Waals surface area contributed by atoms with E-state index in [-0.39, 0.29) is 12.5 Å². The zero-order valence-corrected chi connectivity index (χ0v) is 16.4. The number of halogens is 3. The molecule has 2 rings (SSSR count). The number of hydrogen-bond donors (Lipinski definition) is 3. The third-order valence-corrected chi connectivity index (χ3v) is 4.42. The number of amides is 1. The summed E-state index contributed by atoms with van der Waals surface area (Å²) in [5.74, 6) is 0.341. The van der Waals surface area contributed by atoms with Crippen molar-refractivity contribution in [2.24, 2.45) is 4.99 Å². The number of guanidine groups is 1. The minimum Gasteiger partial charge on any atom is -0.357 e. The molecule has 6 nitrogen and oxygen atoms in total. The fourth-order valence-electron chi connectivity index (χ4n) is 2.22. The van der Waals surface area contributed by atoms with Gasteiger partial charge in [-0.05, 0) is 31.5 Å². The highest BCUT2D eigenvalue weighted by atomic mass is 32.1. The van der Waals surface area contributed by atoms with Crippen LogP contribution in [0.25, 0.3) is 0 Å². The van der Waals surface area contributed by atoms with Gasteiger partial charge in [0.25, 0.3) is 5.91 Å². The molecule has 28 heavy (non-hydrogen) atoms. The van der Waals surface area contributed by atoms with E-state index in [0.29, 0.717) is 36.2 Å². The van der Waals surface area contributed by atoms with Crippen LogP contribution in [0.1, 0.15) is 40.5 Å². The molecular formula is C18H22F3N5OS. The second-order valence-corrected chi connectivity index (χ2v) is 6.67. The number of hydrogen-bond acceptors (Lipinski definition) is 4. The van der Waals surface area contributed by atoms with Crippen molar-refractivity contribution in [2.75, 3.05) is 13.1 Å². The highest BCUT2D eigenvalue weighted by Gasteiger charge is 2.33. The van der Waals surface area contributed by atoms with Crippen molar-refractivity contribution >= 4 is 23.2 Å². The van der Waals surface area contributed by atoms with E-state index in [9.17, 15) is 18.0 Å². The highest BCUT2D eigenvalue weighted by Crippen LogP contribution is 2.29. The van der Waals surface area contributed by atoms with Gasteiger partial charge in [-0.25, -0.2) is 9.98 Å². The summed E-state index contributed by atoms with van der Waals surface area (Å²) in [7, 11) is 0. The van der Waals surface area contributed by atoms with E-state index in [2.05, 4.69) is 25.9 Å². The molecular weight excluding hydrogens is 391 g/mol. The Hall–Kier alpha value is -2.62. The van der Waals surface area contributed by atoms with Gasteiger partial charge in [0.05, 0.1) is 13.1 Å². The number of nitrogens with zero attached hydrogens (tertiary/aromatic N) is 2. The van der Waals surface area contributed by atoms with E-state index < -0.39 is 11.9 Å². The lowest BCUT2D eigenvalue weighted by atomic mass is 10.1. The number of alkyl halides is 3. The van der Waals surface area contributed by atoms with Crippen LogP contribution in [0.2, 0.25) is 0 Å². The third-order valence-electron chi connectivity index (χ3n) is 3.57. The van der Waals surface area contributed by atoms with Crippen LogP contribution in [0, 0.1) is 0 Å². The summed E-state index contributed by atoms with van der Waals surface area (Å²) >= 11 is 0.945. The zero-order valence-electron chi connectivity index (χ0n) is 15.6. The molecule has 10 heteroatoms. The van der Waals surface area contributed by atoms with Gasteiger partial charge in [0.15, 0.2) is 11.7 Å². The first-order valence-electron chi connectivity index (χ1n) is 8.74. The Balaban J connectivity index is 1.96. The van der Waals surface area contributed by atoms with Gasteiger partial charge in [0.2, 0.25) is 0 Å². The predicted octanol–water partition coefficient (Wildman–Crippen LogP) is 3.17. The zero-order chi connectivity index (χ0) is 20.6. The second kappa shape index (κ2) is 10.1. The third kappa shape index (κ3) is 6.52. The SMILES string of the molecule is CCNC(=O)c1ccc(CN=C(NCC)NCc2nc(C(F)(F)F)cs2)cc1. The molecule has 0 bridgehead atoms. The van der Waals surface area contributed by atoms with Gasteiger partial charge in [-0.15, -0.1) is 11.3 Å². The lowest BCUT2D eigenvalue weighted by Crippen LogP contribution is -2.36. The van der Waals surface area contributed by atoms with E-state index in [4.69, 9.17) is 0 Å². The molecule has 1 aromatic carbocycles. The predicted molar refractivity (Wildman–Crippen MR) is 103 cm³/mol. The van der Waals surface area contributed by atoms with Crippen LogP contribution in [-0.2, 0) is 19.3 Å². The van der Waals surface area contributed by atoms with E-state index in [1.54, 1.807) is 12.1 Å². The van der Waals surface area contributed by atoms with Crippen molar-refractivity contribution in [3.8, 4) is 0 Å². The molecule has 0 aliphatic carbocycles. The first-order valence-corrected chi connectivity index (χ1v) is 9.62. The summed E-state index contributed by atoms with van der Waals surface area (Å²) in [6.07, 6.45) is -4.44. The van der Waals surface area contributed by atoms with Crippen LogP contribution in [0.3, 0.4) is 0 Å². The number of benzene rings is 1. The highest BCUT2D eigenvalue weighted by molar-refractivity contribution is 7.09. The quantitative estimate of drug-likeness (QED) is 0.481. The van der Waals surface area contributed by atoms with Crippen LogP contribution in [0.4, 0.5) is 13.2 Å². The Morgan fingerprint density at radius 1 is 1.11 bits per heavy atom. The second-order valence-electron chi connectivity index (χ2n) is 5.73. The molecule has 3 N–H and O–H groups in total. The minimum absolute atomic E-state index is 0.130. The van der Waals surface area contributed by atoms with Gasteiger partial charge in [-0.1, -0.05) is 12.1 Å². The molecule has 0 saturated carbocycles. The van der Waals surface area contributed by atoms with Crippen molar-refractivity contribution in [3.05, 3.63) is 51.5 Å². The van der Waals surface area contributed by atoms with Crippen LogP contribution >= 0.6 is 11.3 Å². The summed E-state index contributed by atoms with van der Waals surface area (Å²) in [4.78, 5) is 19.8. The van der Waals surface area contributed by atoms with E-state index in [0.717, 1.165) is 22.3 Å². The van der Waals surface area contributed by atoms with Crippen molar-refractivity contribution in [2.45, 2.75) is 33.1 Å². The van der Waals surface area contributed by atoms with Gasteiger partial charge in [0, 0.05) is 24.0 Å². The van der Waals surface area contributed by atoms with E-state index in [1.165, 1.54) is 0 Å². The number of rotatable bonds is 7. The van der Waals surface area contributed by atoms with Gasteiger partial charge < -0.3 is 16.0 Å². The smallest absolute Gasteiger partial charge is 0.357 e. The number of thiazole rings is 1. The van der Waals surface area contributed by atoms with Gasteiger partial charge in [-0.3, -0.25) is 4.79 Å². The maximum absolute atomic E-state index is 12.6. The molecule has 0 aliphatic rings. The lowest BCUT2D eigenvalue weighted by Gasteiger charge is -2.10. The summed E-state index contributed by atoms with van der Waals surface area (Å²) in [6, 6.07) is 7.08. The average Bonchev–Trinajstić information content (AvgIpc) is 3.14. The number of carbonyl (C=O) groups is 1. The van der Waals surface area contributed by atoms with E-state index >= 15 is 0 Å². The van der Waals surface area contributed by atoms with Crippen molar-refractivity contribution in [1.82, 2.24) is 20.9 Å². The summed E-state index contributed by atoms with van der Waals surface area (Å²) in [5, 5.41) is 10.1. The van der Waals surface area contributed by atoms with Crippen molar-refractivity contribution in [1.29, 1.82) is 0 Å². The molecule has 152 valence electrons. The minimum atomic E-state index is -4.44. The Bertz CT molecular complexity index is 802. The Morgan fingerprint density at radius 3 is 2.36 bits per heavy atom. The summed E-state index contributed by atoms with van der Waals surface area (Å²) in [6.45, 7) is 5.41. The molecule has 0 saturated heterocycles. The lowest BCUT2D eigenvalue weighted by molar-refractivity contribution is -0.140. The van der Waals surface area contributed by atoms with Crippen LogP contribution < -0.4 is 16.0 Å². The molecule has 2 aromatic rings. The molecule has 0 spiro atoms. The topological polar surface area (TPSA) is 78.4 Å². The largest absolute Gasteiger partial charge is 0.434 e. The monoisotopic (exact) mass is 413 g/mol. The van der Waals surface area contributed by atoms with Crippen molar-refractivity contribution < 1.29 is 18.0 Å². The maximum atomic E-state index is 12.6. The number of nitrogens with one attached hydrogen (secondary N) is 3.